The monoisotopic (exact) mass is 301 g/mol. The molecule has 0 unspecified atom stereocenters. The second-order valence-corrected chi connectivity index (χ2v) is 5.01. The van der Waals surface area contributed by atoms with E-state index in [1.54, 1.807) is 18.2 Å². The van der Waals surface area contributed by atoms with Crippen LogP contribution in [0.15, 0.2) is 48.5 Å². The molecule has 3 nitrogen and oxygen atoms in total. The van der Waals surface area contributed by atoms with Crippen LogP contribution in [0.2, 0.25) is 0 Å². The number of aryl methyl sites for hydroxylation is 1. The smallest absolute Gasteiger partial charge is 0.148 e. The van der Waals surface area contributed by atoms with Crippen molar-refractivity contribution in [1.29, 1.82) is 0 Å². The lowest BCUT2D eigenvalue weighted by Gasteiger charge is -2.09. The molecule has 3 rings (SSSR count). The maximum Gasteiger partial charge on any atom is 0.148 e. The van der Waals surface area contributed by atoms with E-state index in [2.05, 4.69) is 10.3 Å². The van der Waals surface area contributed by atoms with E-state index in [9.17, 15) is 4.39 Å². The lowest BCUT2D eigenvalue weighted by atomic mass is 10.1. The second-order valence-electron chi connectivity index (χ2n) is 4.75. The van der Waals surface area contributed by atoms with E-state index in [0.29, 0.717) is 11.4 Å². The van der Waals surface area contributed by atoms with Gasteiger partial charge in [-0.3, -0.25) is 0 Å². The molecule has 0 aliphatic carbocycles. The summed E-state index contributed by atoms with van der Waals surface area (Å²) in [5.41, 5.74) is 3.76. The Bertz CT molecular complexity index is 765. The van der Waals surface area contributed by atoms with Gasteiger partial charge in [0.15, 0.2) is 0 Å². The van der Waals surface area contributed by atoms with Gasteiger partial charge in [0.1, 0.15) is 17.2 Å². The Balaban J connectivity index is 2.22. The third-order valence-electron chi connectivity index (χ3n) is 3.27. The molecular weight excluding hydrogens is 289 g/mol. The molecule has 2 aromatic carbocycles. The lowest BCUT2D eigenvalue weighted by Crippen LogP contribution is -2.02. The summed E-state index contributed by atoms with van der Waals surface area (Å²) in [7, 11) is 0. The number of aromatic nitrogens is 3. The first-order valence-electron chi connectivity index (χ1n) is 6.53. The second kappa shape index (κ2) is 5.66. The Morgan fingerprint density at radius 3 is 2.48 bits per heavy atom. The van der Waals surface area contributed by atoms with Gasteiger partial charge in [-0.15, -0.1) is 16.7 Å². The summed E-state index contributed by atoms with van der Waals surface area (Å²) in [6, 6.07) is 14.4. The molecule has 0 N–H and O–H groups in total. The van der Waals surface area contributed by atoms with E-state index in [0.717, 1.165) is 16.8 Å². The number of nitrogens with zero attached hydrogens (tertiary/aromatic N) is 3. The third kappa shape index (κ3) is 2.54. The summed E-state index contributed by atoms with van der Waals surface area (Å²) in [6.07, 6.45) is 0. The molecule has 0 saturated heterocycles. The Kier molecular flexibility index (Phi) is 3.71. The molecule has 0 saturated carbocycles. The molecule has 0 radical (unpaired) electrons. The van der Waals surface area contributed by atoms with Crippen LogP contribution in [0.4, 0.5) is 4.39 Å². The molecule has 5 heteroatoms. The van der Waals surface area contributed by atoms with E-state index < -0.39 is 0 Å². The van der Waals surface area contributed by atoms with Crippen molar-refractivity contribution >= 4 is 11.6 Å². The molecular formula is C16H13ClFN3. The highest BCUT2D eigenvalue weighted by Crippen LogP contribution is 2.27. The van der Waals surface area contributed by atoms with Crippen LogP contribution in [0.3, 0.4) is 0 Å². The van der Waals surface area contributed by atoms with Crippen LogP contribution < -0.4 is 0 Å². The van der Waals surface area contributed by atoms with Crippen molar-refractivity contribution in [3.8, 4) is 16.9 Å². The van der Waals surface area contributed by atoms with Gasteiger partial charge in [0.25, 0.3) is 0 Å². The molecule has 21 heavy (non-hydrogen) atoms. The minimum absolute atomic E-state index is 0.220. The van der Waals surface area contributed by atoms with Crippen molar-refractivity contribution in [2.75, 3.05) is 0 Å². The van der Waals surface area contributed by atoms with Crippen molar-refractivity contribution < 1.29 is 4.39 Å². The molecule has 0 aliphatic heterocycles. The first kappa shape index (κ1) is 13.8. The fraction of sp³-hybridized carbons (Fsp3) is 0.125. The van der Waals surface area contributed by atoms with Crippen LogP contribution in [0.5, 0.6) is 0 Å². The van der Waals surface area contributed by atoms with E-state index in [4.69, 9.17) is 11.6 Å². The summed E-state index contributed by atoms with van der Waals surface area (Å²) in [4.78, 5) is 0. The van der Waals surface area contributed by atoms with E-state index >= 15 is 0 Å². The van der Waals surface area contributed by atoms with Gasteiger partial charge in [0.05, 0.1) is 11.6 Å². The molecule has 0 aliphatic rings. The van der Waals surface area contributed by atoms with Gasteiger partial charge < -0.3 is 0 Å². The number of para-hydroxylation sites is 1. The lowest BCUT2D eigenvalue weighted by molar-refractivity contribution is 0.608. The summed E-state index contributed by atoms with van der Waals surface area (Å²) in [5, 5.41) is 8.12. The molecule has 0 amide bonds. The zero-order valence-electron chi connectivity index (χ0n) is 11.4. The van der Waals surface area contributed by atoms with Crippen molar-refractivity contribution in [3.05, 3.63) is 65.6 Å². The largest absolute Gasteiger partial charge is 0.210 e. The minimum Gasteiger partial charge on any atom is -0.210 e. The molecule has 1 aromatic heterocycles. The number of hydrogen-bond acceptors (Lipinski definition) is 2. The van der Waals surface area contributed by atoms with Crippen molar-refractivity contribution in [3.63, 3.8) is 0 Å². The number of alkyl halides is 1. The zero-order valence-corrected chi connectivity index (χ0v) is 12.2. The summed E-state index contributed by atoms with van der Waals surface area (Å²) in [5.74, 6) is -0.130. The summed E-state index contributed by atoms with van der Waals surface area (Å²) < 4.78 is 15.5. The van der Waals surface area contributed by atoms with Crippen LogP contribution >= 0.6 is 11.6 Å². The summed E-state index contributed by atoms with van der Waals surface area (Å²) in [6.45, 7) is 2.01. The SMILES string of the molecule is Cc1ccc(-c2c(CCl)nnn2-c2ccccc2F)cc1. The van der Waals surface area contributed by atoms with Crippen LogP contribution in [0.25, 0.3) is 16.9 Å². The predicted molar refractivity (Wildman–Crippen MR) is 81.0 cm³/mol. The maximum absolute atomic E-state index is 14.0. The van der Waals surface area contributed by atoms with Gasteiger partial charge in [-0.1, -0.05) is 47.2 Å². The highest BCUT2D eigenvalue weighted by molar-refractivity contribution is 6.17. The molecule has 0 bridgehead atoms. The molecule has 1 heterocycles. The van der Waals surface area contributed by atoms with Gasteiger partial charge in [-0.2, -0.15) is 0 Å². The van der Waals surface area contributed by atoms with Gasteiger partial charge in [0.2, 0.25) is 0 Å². The average molecular weight is 302 g/mol. The number of benzene rings is 2. The van der Waals surface area contributed by atoms with E-state index in [1.807, 2.05) is 31.2 Å². The standard InChI is InChI=1S/C16H13ClFN3/c1-11-6-8-12(9-7-11)16-14(10-17)19-20-21(16)15-5-3-2-4-13(15)18/h2-9H,10H2,1H3. The van der Waals surface area contributed by atoms with Crippen molar-refractivity contribution in [2.24, 2.45) is 0 Å². The van der Waals surface area contributed by atoms with Crippen LogP contribution in [-0.4, -0.2) is 15.0 Å². The fourth-order valence-corrected chi connectivity index (χ4v) is 2.38. The third-order valence-corrected chi connectivity index (χ3v) is 3.53. The first-order valence-corrected chi connectivity index (χ1v) is 7.06. The predicted octanol–water partition coefficient (Wildman–Crippen LogP) is 4.12. The molecule has 106 valence electrons. The van der Waals surface area contributed by atoms with E-state index in [-0.39, 0.29) is 11.7 Å². The first-order chi connectivity index (χ1) is 10.2. The molecule has 0 fully saturated rings. The average Bonchev–Trinajstić information content (AvgIpc) is 2.92. The highest BCUT2D eigenvalue weighted by atomic mass is 35.5. The van der Waals surface area contributed by atoms with Crippen LogP contribution in [-0.2, 0) is 5.88 Å². The highest BCUT2D eigenvalue weighted by Gasteiger charge is 2.17. The topological polar surface area (TPSA) is 30.7 Å². The van der Waals surface area contributed by atoms with E-state index in [1.165, 1.54) is 10.7 Å². The Morgan fingerprint density at radius 2 is 1.81 bits per heavy atom. The summed E-state index contributed by atoms with van der Waals surface area (Å²) >= 11 is 5.94. The fourth-order valence-electron chi connectivity index (χ4n) is 2.20. The number of hydrogen-bond donors (Lipinski definition) is 0. The number of rotatable bonds is 3. The Labute approximate surface area is 127 Å². The molecule has 0 atom stereocenters. The van der Waals surface area contributed by atoms with Crippen LogP contribution in [0, 0.1) is 12.7 Å². The van der Waals surface area contributed by atoms with Gasteiger partial charge in [-0.05, 0) is 19.1 Å². The van der Waals surface area contributed by atoms with Crippen LogP contribution in [0.1, 0.15) is 11.3 Å². The van der Waals surface area contributed by atoms with Gasteiger partial charge >= 0.3 is 0 Å². The van der Waals surface area contributed by atoms with Crippen molar-refractivity contribution in [1.82, 2.24) is 15.0 Å². The Hall–Kier alpha value is -2.20. The molecule has 0 spiro atoms. The normalized spacial score (nSPS) is 10.8. The molecule has 3 aromatic rings. The van der Waals surface area contributed by atoms with Gasteiger partial charge in [0, 0.05) is 5.56 Å². The maximum atomic E-state index is 14.0. The minimum atomic E-state index is -0.350. The Morgan fingerprint density at radius 1 is 1.10 bits per heavy atom. The zero-order chi connectivity index (χ0) is 14.8. The van der Waals surface area contributed by atoms with Crippen molar-refractivity contribution in [2.45, 2.75) is 12.8 Å². The van der Waals surface area contributed by atoms with Gasteiger partial charge in [-0.25, -0.2) is 9.07 Å². The quantitative estimate of drug-likeness (QED) is 0.681. The number of halogens is 2.